The molecule has 0 unspecified atom stereocenters. The first-order chi connectivity index (χ1) is 14.4. The number of aromatic nitrogens is 3. The van der Waals surface area contributed by atoms with Crippen LogP contribution in [0.5, 0.6) is 0 Å². The monoisotopic (exact) mass is 424 g/mol. The van der Waals surface area contributed by atoms with Crippen LogP contribution in [0.3, 0.4) is 0 Å². The van der Waals surface area contributed by atoms with Crippen LogP contribution in [-0.4, -0.2) is 50.4 Å². The lowest BCUT2D eigenvalue weighted by Crippen LogP contribution is -2.28. The number of thiophene rings is 1. The van der Waals surface area contributed by atoms with Crippen molar-refractivity contribution in [1.29, 1.82) is 0 Å². The number of carbonyl (C=O) groups is 2. The smallest absolute Gasteiger partial charge is 0.339 e. The van der Waals surface area contributed by atoms with Gasteiger partial charge in [0.25, 0.3) is 5.91 Å². The summed E-state index contributed by atoms with van der Waals surface area (Å²) in [7, 11) is 1.72. The maximum atomic E-state index is 13.0. The molecule has 0 spiro atoms. The maximum absolute atomic E-state index is 13.0. The van der Waals surface area contributed by atoms with Gasteiger partial charge in [0, 0.05) is 19.8 Å². The van der Waals surface area contributed by atoms with Crippen LogP contribution in [0, 0.1) is 5.82 Å². The molecule has 0 saturated heterocycles. The standard InChI is InChI=1S/C21H17FN4O3S/c1-26(9-8-12-2-4-13(22)5-3-12)20(27)17-7-6-16(30-17)15-11-24-19-18(25-15)14(10-23-19)21(28)29/h2-7,10-11H,8-9H2,1H3,(H,23,24)(H,28,29). The van der Waals surface area contributed by atoms with Crippen LogP contribution in [0.4, 0.5) is 4.39 Å². The van der Waals surface area contributed by atoms with Gasteiger partial charge in [-0.25, -0.2) is 19.2 Å². The molecule has 4 aromatic rings. The minimum atomic E-state index is -1.09. The fourth-order valence-corrected chi connectivity index (χ4v) is 3.96. The van der Waals surface area contributed by atoms with Gasteiger partial charge in [0.15, 0.2) is 5.65 Å². The normalized spacial score (nSPS) is 11.0. The molecule has 152 valence electrons. The van der Waals surface area contributed by atoms with Crippen LogP contribution in [0.2, 0.25) is 0 Å². The van der Waals surface area contributed by atoms with Crippen molar-refractivity contribution in [1.82, 2.24) is 19.9 Å². The van der Waals surface area contributed by atoms with Gasteiger partial charge in [-0.3, -0.25) is 4.79 Å². The zero-order valence-corrected chi connectivity index (χ0v) is 16.7. The molecule has 1 aromatic carbocycles. The summed E-state index contributed by atoms with van der Waals surface area (Å²) in [6, 6.07) is 9.71. The fourth-order valence-electron chi connectivity index (χ4n) is 3.00. The van der Waals surface area contributed by atoms with E-state index in [1.165, 1.54) is 29.7 Å². The summed E-state index contributed by atoms with van der Waals surface area (Å²) in [6.07, 6.45) is 3.52. The molecule has 9 heteroatoms. The van der Waals surface area contributed by atoms with Crippen molar-refractivity contribution in [2.45, 2.75) is 6.42 Å². The Morgan fingerprint density at radius 3 is 2.70 bits per heavy atom. The van der Waals surface area contributed by atoms with E-state index in [1.807, 2.05) is 0 Å². The number of hydrogen-bond acceptors (Lipinski definition) is 5. The van der Waals surface area contributed by atoms with Gasteiger partial charge in [0.05, 0.1) is 21.6 Å². The lowest BCUT2D eigenvalue weighted by atomic mass is 10.1. The molecule has 0 aliphatic heterocycles. The van der Waals surface area contributed by atoms with Crippen molar-refractivity contribution in [3.63, 3.8) is 0 Å². The molecular formula is C21H17FN4O3S. The molecule has 30 heavy (non-hydrogen) atoms. The third-order valence-corrected chi connectivity index (χ3v) is 5.77. The molecule has 0 radical (unpaired) electrons. The Labute approximate surface area is 174 Å². The molecule has 3 aromatic heterocycles. The molecule has 0 saturated carbocycles. The molecule has 0 aliphatic carbocycles. The lowest BCUT2D eigenvalue weighted by molar-refractivity contribution is 0.0698. The summed E-state index contributed by atoms with van der Waals surface area (Å²) in [5, 5.41) is 9.26. The number of aromatic carboxylic acids is 1. The third kappa shape index (κ3) is 3.92. The molecule has 0 atom stereocenters. The van der Waals surface area contributed by atoms with E-state index in [0.29, 0.717) is 29.2 Å². The maximum Gasteiger partial charge on any atom is 0.339 e. The highest BCUT2D eigenvalue weighted by Crippen LogP contribution is 2.28. The second-order valence-electron chi connectivity index (χ2n) is 6.73. The van der Waals surface area contributed by atoms with E-state index in [1.54, 1.807) is 42.4 Å². The van der Waals surface area contributed by atoms with Gasteiger partial charge in [-0.1, -0.05) is 12.1 Å². The van der Waals surface area contributed by atoms with Crippen molar-refractivity contribution in [2.75, 3.05) is 13.6 Å². The highest BCUT2D eigenvalue weighted by atomic mass is 32.1. The number of aromatic amines is 1. The third-order valence-electron chi connectivity index (χ3n) is 4.68. The van der Waals surface area contributed by atoms with Gasteiger partial charge in [0.1, 0.15) is 16.9 Å². The summed E-state index contributed by atoms with van der Waals surface area (Å²) in [5.41, 5.74) is 2.17. The molecule has 1 amide bonds. The van der Waals surface area contributed by atoms with E-state index in [4.69, 9.17) is 0 Å². The van der Waals surface area contributed by atoms with Gasteiger partial charge in [-0.2, -0.15) is 0 Å². The second-order valence-corrected chi connectivity index (χ2v) is 7.81. The number of amides is 1. The molecular weight excluding hydrogens is 407 g/mol. The Kier molecular flexibility index (Phi) is 5.28. The molecule has 0 fully saturated rings. The number of carbonyl (C=O) groups excluding carboxylic acids is 1. The second kappa shape index (κ2) is 8.03. The number of nitrogens with zero attached hydrogens (tertiary/aromatic N) is 3. The lowest BCUT2D eigenvalue weighted by Gasteiger charge is -2.16. The summed E-state index contributed by atoms with van der Waals surface area (Å²) in [6.45, 7) is 0.495. The van der Waals surface area contributed by atoms with Crippen molar-refractivity contribution in [2.24, 2.45) is 0 Å². The highest BCUT2D eigenvalue weighted by Gasteiger charge is 2.18. The number of halogens is 1. The number of likely N-dealkylation sites (N-methyl/N-ethyl adjacent to an activating group) is 1. The number of benzene rings is 1. The number of nitrogens with one attached hydrogen (secondary N) is 1. The average Bonchev–Trinajstić information content (AvgIpc) is 3.39. The molecule has 2 N–H and O–H groups in total. The number of carboxylic acids is 1. The predicted octanol–water partition coefficient (Wildman–Crippen LogP) is 3.84. The first-order valence-corrected chi connectivity index (χ1v) is 9.91. The van der Waals surface area contributed by atoms with Gasteiger partial charge < -0.3 is 15.0 Å². The van der Waals surface area contributed by atoms with E-state index in [0.717, 1.165) is 10.4 Å². The van der Waals surface area contributed by atoms with Crippen LogP contribution in [0.1, 0.15) is 25.6 Å². The van der Waals surface area contributed by atoms with Crippen LogP contribution >= 0.6 is 11.3 Å². The van der Waals surface area contributed by atoms with Gasteiger partial charge >= 0.3 is 5.97 Å². The van der Waals surface area contributed by atoms with E-state index in [2.05, 4.69) is 15.0 Å². The Balaban J connectivity index is 1.49. The molecule has 7 nitrogen and oxygen atoms in total. The number of hydrogen-bond donors (Lipinski definition) is 2. The van der Waals surface area contributed by atoms with Gasteiger partial charge in [0.2, 0.25) is 0 Å². The zero-order valence-electron chi connectivity index (χ0n) is 15.9. The summed E-state index contributed by atoms with van der Waals surface area (Å²) >= 11 is 1.27. The van der Waals surface area contributed by atoms with Crippen molar-refractivity contribution >= 4 is 34.4 Å². The minimum absolute atomic E-state index is 0.0488. The van der Waals surface area contributed by atoms with E-state index in [9.17, 15) is 19.1 Å². The van der Waals surface area contributed by atoms with Crippen molar-refractivity contribution in [3.8, 4) is 10.6 Å². The molecule has 0 aliphatic rings. The topological polar surface area (TPSA) is 99.2 Å². The predicted molar refractivity (Wildman–Crippen MR) is 111 cm³/mol. The van der Waals surface area contributed by atoms with Gasteiger partial charge in [-0.05, 0) is 36.2 Å². The number of rotatable bonds is 6. The Morgan fingerprint density at radius 2 is 1.97 bits per heavy atom. The van der Waals surface area contributed by atoms with Crippen LogP contribution in [0.15, 0.2) is 48.8 Å². The minimum Gasteiger partial charge on any atom is -0.478 e. The van der Waals surface area contributed by atoms with Crippen LogP contribution in [-0.2, 0) is 6.42 Å². The average molecular weight is 424 g/mol. The summed E-state index contributed by atoms with van der Waals surface area (Å²) < 4.78 is 13.0. The van der Waals surface area contributed by atoms with E-state index in [-0.39, 0.29) is 22.8 Å². The first-order valence-electron chi connectivity index (χ1n) is 9.10. The van der Waals surface area contributed by atoms with Crippen LogP contribution < -0.4 is 0 Å². The highest BCUT2D eigenvalue weighted by molar-refractivity contribution is 7.17. The Hall–Kier alpha value is -3.59. The van der Waals surface area contributed by atoms with E-state index >= 15 is 0 Å². The van der Waals surface area contributed by atoms with Crippen LogP contribution in [0.25, 0.3) is 21.7 Å². The molecule has 3 heterocycles. The Bertz CT molecular complexity index is 1230. The van der Waals surface area contributed by atoms with Gasteiger partial charge in [-0.15, -0.1) is 11.3 Å². The SMILES string of the molecule is CN(CCc1ccc(F)cc1)C(=O)c1ccc(-c2cnc3[nH]cc(C(=O)O)c3n2)s1. The molecule has 4 rings (SSSR count). The summed E-state index contributed by atoms with van der Waals surface area (Å²) in [5.74, 6) is -1.50. The fraction of sp³-hybridized carbons (Fsp3) is 0.143. The molecule has 0 bridgehead atoms. The zero-order chi connectivity index (χ0) is 21.3. The number of H-pyrrole nitrogens is 1. The number of fused-ring (bicyclic) bond motifs is 1. The quantitative estimate of drug-likeness (QED) is 0.490. The number of carboxylic acid groups (broad SMARTS) is 1. The van der Waals surface area contributed by atoms with Crippen molar-refractivity contribution in [3.05, 3.63) is 70.6 Å². The Morgan fingerprint density at radius 1 is 1.20 bits per heavy atom. The first kappa shape index (κ1) is 19.7. The van der Waals surface area contributed by atoms with Crippen molar-refractivity contribution < 1.29 is 19.1 Å². The summed E-state index contributed by atoms with van der Waals surface area (Å²) in [4.78, 5) is 38.3. The largest absolute Gasteiger partial charge is 0.478 e. The van der Waals surface area contributed by atoms with E-state index < -0.39 is 5.97 Å².